The molecule has 0 radical (unpaired) electrons. The van der Waals surface area contributed by atoms with E-state index in [1.807, 2.05) is 65.0 Å². The first-order valence-corrected chi connectivity index (χ1v) is 10.00. The molecule has 0 aliphatic rings. The Hall–Kier alpha value is -2.11. The summed E-state index contributed by atoms with van der Waals surface area (Å²) in [6, 6.07) is 7.97. The number of hydrogen-bond acceptors (Lipinski definition) is 4. The minimum atomic E-state index is -0.571. The van der Waals surface area contributed by atoms with Crippen molar-refractivity contribution < 1.29 is 19.3 Å². The van der Waals surface area contributed by atoms with Crippen LogP contribution in [-0.2, 0) is 14.5 Å². The summed E-state index contributed by atoms with van der Waals surface area (Å²) in [5.41, 5.74) is 3.20. The summed E-state index contributed by atoms with van der Waals surface area (Å²) in [4.78, 5) is 23.1. The van der Waals surface area contributed by atoms with Gasteiger partial charge < -0.3 is 4.74 Å². The van der Waals surface area contributed by atoms with Gasteiger partial charge in [-0.15, -0.1) is 0 Å². The monoisotopic (exact) mass is 403 g/mol. The first-order chi connectivity index (χ1) is 13.3. The summed E-state index contributed by atoms with van der Waals surface area (Å²) < 4.78 is 5.46. The number of allylic oxidation sites excluding steroid dienone is 2. The Morgan fingerprint density at radius 1 is 1.21 bits per heavy atom. The van der Waals surface area contributed by atoms with E-state index in [9.17, 15) is 4.79 Å². The van der Waals surface area contributed by atoms with Crippen LogP contribution in [-0.4, -0.2) is 24.4 Å². The maximum absolute atomic E-state index is 12.2. The predicted octanol–water partition coefficient (Wildman–Crippen LogP) is 6.36. The predicted molar refractivity (Wildman–Crippen MR) is 119 cm³/mol. The molecule has 1 atom stereocenters. The fourth-order valence-corrected chi connectivity index (χ4v) is 2.69. The molecule has 0 spiro atoms. The van der Waals surface area contributed by atoms with Crippen molar-refractivity contribution in [1.82, 2.24) is 5.32 Å². The molecule has 0 saturated carbocycles. The minimum Gasteiger partial charge on any atom is -0.446 e. The van der Waals surface area contributed by atoms with Gasteiger partial charge in [-0.25, -0.2) is 14.6 Å². The summed E-state index contributed by atoms with van der Waals surface area (Å²) in [5.74, 6) is 0. The van der Waals surface area contributed by atoms with Crippen LogP contribution in [0.1, 0.15) is 72.9 Å². The van der Waals surface area contributed by atoms with Crippen molar-refractivity contribution >= 4 is 17.7 Å². The zero-order chi connectivity index (χ0) is 22.2. The molecular formula is C24H37NO4. The Morgan fingerprint density at radius 3 is 2.45 bits per heavy atom. The molecule has 1 N–H and O–H groups in total. The largest absolute Gasteiger partial charge is 0.446 e. The van der Waals surface area contributed by atoms with E-state index in [0.29, 0.717) is 18.7 Å². The molecular weight excluding hydrogens is 366 g/mol. The lowest BCUT2D eigenvalue weighted by Gasteiger charge is -2.28. The number of hydrogen-bond donors (Lipinski definition) is 1. The summed E-state index contributed by atoms with van der Waals surface area (Å²) in [5, 5.41) is 2.76. The van der Waals surface area contributed by atoms with Gasteiger partial charge in [-0.1, -0.05) is 51.1 Å². The topological polar surface area (TPSA) is 56.8 Å². The van der Waals surface area contributed by atoms with Crippen molar-refractivity contribution in [2.75, 3.05) is 6.61 Å². The Balaban J connectivity index is 2.54. The highest BCUT2D eigenvalue weighted by molar-refractivity contribution is 5.72. The second kappa shape index (κ2) is 10.6. The number of carbonyl (C=O) groups excluding carboxylic acids is 1. The van der Waals surface area contributed by atoms with Gasteiger partial charge >= 0.3 is 6.09 Å². The van der Waals surface area contributed by atoms with Crippen LogP contribution in [0.3, 0.4) is 0 Å². The highest BCUT2D eigenvalue weighted by atomic mass is 17.2. The van der Waals surface area contributed by atoms with Gasteiger partial charge in [0, 0.05) is 12.1 Å². The van der Waals surface area contributed by atoms with Gasteiger partial charge in [-0.2, -0.15) is 0 Å². The third kappa shape index (κ3) is 10.9. The van der Waals surface area contributed by atoms with Crippen LogP contribution < -0.4 is 5.32 Å². The second-order valence-electron chi connectivity index (χ2n) is 9.44. The van der Waals surface area contributed by atoms with Crippen LogP contribution in [0.2, 0.25) is 0 Å². The fourth-order valence-electron chi connectivity index (χ4n) is 2.69. The van der Waals surface area contributed by atoms with E-state index in [2.05, 4.69) is 32.7 Å². The van der Waals surface area contributed by atoms with E-state index in [1.54, 1.807) is 0 Å². The number of ether oxygens (including phenoxy) is 1. The zero-order valence-electron chi connectivity index (χ0n) is 19.2. The number of rotatable bonds is 9. The summed E-state index contributed by atoms with van der Waals surface area (Å²) in [6.07, 6.45) is 1.58. The lowest BCUT2D eigenvalue weighted by atomic mass is 9.99. The third-order valence-electron chi connectivity index (χ3n) is 3.93. The number of carbonyl (C=O) groups is 1. The molecule has 0 bridgehead atoms. The minimum absolute atomic E-state index is 0.0197. The Morgan fingerprint density at radius 2 is 1.86 bits per heavy atom. The maximum Gasteiger partial charge on any atom is 0.411 e. The molecule has 0 aliphatic heterocycles. The second-order valence-corrected chi connectivity index (χ2v) is 9.44. The van der Waals surface area contributed by atoms with Crippen molar-refractivity contribution in [2.24, 2.45) is 5.41 Å². The molecule has 29 heavy (non-hydrogen) atoms. The quantitative estimate of drug-likeness (QED) is 0.385. The summed E-state index contributed by atoms with van der Waals surface area (Å²) in [7, 11) is 0. The van der Waals surface area contributed by atoms with Gasteiger partial charge in [-0.05, 0) is 63.3 Å². The SMILES string of the molecule is C=C(C)c1cccc(/C=C(\C)NC(=O)OC(C)CC(C)(C)OOCC(C)(C)C)c1. The Kier molecular flexibility index (Phi) is 9.12. The number of alkyl carbamates (subject to hydrolysis) is 1. The number of benzene rings is 1. The van der Waals surface area contributed by atoms with Gasteiger partial charge in [0.2, 0.25) is 0 Å². The van der Waals surface area contributed by atoms with E-state index in [4.69, 9.17) is 14.5 Å². The maximum atomic E-state index is 12.2. The summed E-state index contributed by atoms with van der Waals surface area (Å²) >= 11 is 0. The number of amides is 1. The van der Waals surface area contributed by atoms with Crippen molar-refractivity contribution in [1.29, 1.82) is 0 Å². The first-order valence-electron chi connectivity index (χ1n) is 10.00. The summed E-state index contributed by atoms with van der Waals surface area (Å²) in [6.45, 7) is 20.1. The lowest BCUT2D eigenvalue weighted by molar-refractivity contribution is -0.365. The average molecular weight is 404 g/mol. The van der Waals surface area contributed by atoms with Crippen LogP contribution >= 0.6 is 0 Å². The van der Waals surface area contributed by atoms with Crippen molar-refractivity contribution in [3.05, 3.63) is 47.7 Å². The Bertz CT molecular complexity index is 729. The molecule has 0 aliphatic carbocycles. The van der Waals surface area contributed by atoms with E-state index < -0.39 is 11.7 Å². The van der Waals surface area contributed by atoms with Crippen LogP contribution in [0.25, 0.3) is 11.6 Å². The molecule has 0 saturated heterocycles. The van der Waals surface area contributed by atoms with Gasteiger partial charge in [0.1, 0.15) is 11.7 Å². The zero-order valence-corrected chi connectivity index (χ0v) is 19.2. The van der Waals surface area contributed by atoms with Gasteiger partial charge in [0.15, 0.2) is 0 Å². The van der Waals surface area contributed by atoms with Crippen LogP contribution in [0.5, 0.6) is 0 Å². The molecule has 162 valence electrons. The smallest absolute Gasteiger partial charge is 0.411 e. The van der Waals surface area contributed by atoms with Crippen molar-refractivity contribution in [3.63, 3.8) is 0 Å². The molecule has 0 fully saturated rings. The third-order valence-corrected chi connectivity index (χ3v) is 3.93. The molecule has 5 heteroatoms. The molecule has 0 heterocycles. The van der Waals surface area contributed by atoms with Crippen LogP contribution in [0.4, 0.5) is 4.79 Å². The van der Waals surface area contributed by atoms with Crippen LogP contribution in [0.15, 0.2) is 36.5 Å². The standard InChI is InChI=1S/C24H37NO4/c1-17(2)21-12-10-11-20(14-21)13-18(3)25-22(26)28-19(4)15-24(8,9)29-27-16-23(5,6)7/h10-14,19H,1,15-16H2,2-9H3,(H,25,26)/b18-13+. The number of nitrogens with one attached hydrogen (secondary N) is 1. The molecule has 1 rings (SSSR count). The van der Waals surface area contributed by atoms with E-state index >= 15 is 0 Å². The average Bonchev–Trinajstić information content (AvgIpc) is 2.52. The molecule has 1 unspecified atom stereocenters. The van der Waals surface area contributed by atoms with Crippen molar-refractivity contribution in [3.8, 4) is 0 Å². The van der Waals surface area contributed by atoms with Gasteiger partial charge in [0.05, 0.1) is 6.61 Å². The van der Waals surface area contributed by atoms with E-state index in [-0.39, 0.29) is 11.5 Å². The van der Waals surface area contributed by atoms with Gasteiger partial charge in [0.25, 0.3) is 0 Å². The molecule has 5 nitrogen and oxygen atoms in total. The molecule has 1 amide bonds. The molecule has 1 aromatic carbocycles. The highest BCUT2D eigenvalue weighted by Crippen LogP contribution is 2.21. The normalized spacial score (nSPS) is 13.7. The van der Waals surface area contributed by atoms with Crippen LogP contribution in [0, 0.1) is 5.41 Å². The Labute approximate surface area is 176 Å². The lowest BCUT2D eigenvalue weighted by Crippen LogP contribution is -2.34. The first kappa shape index (κ1) is 24.9. The fraction of sp³-hybridized carbons (Fsp3) is 0.542. The van der Waals surface area contributed by atoms with Crippen molar-refractivity contribution in [2.45, 2.75) is 73.5 Å². The highest BCUT2D eigenvalue weighted by Gasteiger charge is 2.26. The molecule has 0 aromatic heterocycles. The van der Waals surface area contributed by atoms with E-state index in [0.717, 1.165) is 16.7 Å². The van der Waals surface area contributed by atoms with E-state index in [1.165, 1.54) is 0 Å². The van der Waals surface area contributed by atoms with Gasteiger partial charge in [-0.3, -0.25) is 5.32 Å². The molecule has 1 aromatic rings.